The van der Waals surface area contributed by atoms with Gasteiger partial charge in [-0.05, 0) is 32.0 Å². The molecule has 1 heterocycles. The summed E-state index contributed by atoms with van der Waals surface area (Å²) in [6.07, 6.45) is -2.54. The van der Waals surface area contributed by atoms with Crippen molar-refractivity contribution in [3.05, 3.63) is 35.5 Å². The lowest BCUT2D eigenvalue weighted by atomic mass is 10.1. The van der Waals surface area contributed by atoms with Crippen LogP contribution in [0, 0.1) is 6.92 Å². The molecule has 2 aromatic rings. The Kier molecular flexibility index (Phi) is 3.22. The molecular formula is C13H14F2N2. The van der Waals surface area contributed by atoms with E-state index in [1.54, 1.807) is 6.07 Å². The topological polar surface area (TPSA) is 24.9 Å². The quantitative estimate of drug-likeness (QED) is 0.873. The van der Waals surface area contributed by atoms with Crippen molar-refractivity contribution in [2.45, 2.75) is 20.3 Å². The van der Waals surface area contributed by atoms with Crippen LogP contribution in [0.3, 0.4) is 0 Å². The predicted octanol–water partition coefficient (Wildman–Crippen LogP) is 3.91. The molecule has 17 heavy (non-hydrogen) atoms. The zero-order valence-corrected chi connectivity index (χ0v) is 9.80. The molecule has 0 spiro atoms. The van der Waals surface area contributed by atoms with Gasteiger partial charge < -0.3 is 5.32 Å². The van der Waals surface area contributed by atoms with Crippen LogP contribution in [-0.2, 0) is 0 Å². The molecule has 1 aromatic carbocycles. The molecule has 0 aliphatic carbocycles. The molecule has 0 atom stereocenters. The van der Waals surface area contributed by atoms with Crippen LogP contribution in [0.1, 0.15) is 24.6 Å². The van der Waals surface area contributed by atoms with Gasteiger partial charge in [-0.3, -0.25) is 0 Å². The number of anilines is 1. The molecular weight excluding hydrogens is 222 g/mol. The summed E-state index contributed by atoms with van der Waals surface area (Å²) < 4.78 is 25.4. The molecule has 1 N–H and O–H groups in total. The maximum Gasteiger partial charge on any atom is 0.280 e. The number of hydrogen-bond acceptors (Lipinski definition) is 2. The van der Waals surface area contributed by atoms with Gasteiger partial charge in [0.2, 0.25) is 0 Å². The molecule has 0 unspecified atom stereocenters. The molecule has 0 saturated heterocycles. The van der Waals surface area contributed by atoms with Crippen LogP contribution in [0.15, 0.2) is 24.3 Å². The lowest BCUT2D eigenvalue weighted by molar-refractivity contribution is 0.146. The van der Waals surface area contributed by atoms with E-state index in [4.69, 9.17) is 0 Å². The third-order valence-corrected chi connectivity index (χ3v) is 2.57. The van der Waals surface area contributed by atoms with Gasteiger partial charge in [0.15, 0.2) is 0 Å². The summed E-state index contributed by atoms with van der Waals surface area (Å²) in [7, 11) is 0. The van der Waals surface area contributed by atoms with Crippen LogP contribution >= 0.6 is 0 Å². The monoisotopic (exact) mass is 236 g/mol. The van der Waals surface area contributed by atoms with Gasteiger partial charge >= 0.3 is 0 Å². The first-order chi connectivity index (χ1) is 8.11. The van der Waals surface area contributed by atoms with Gasteiger partial charge in [0.1, 0.15) is 5.69 Å². The molecule has 0 radical (unpaired) electrons. The normalized spacial score (nSPS) is 11.1. The minimum Gasteiger partial charge on any atom is -0.385 e. The average Bonchev–Trinajstić information content (AvgIpc) is 2.29. The van der Waals surface area contributed by atoms with Crippen LogP contribution in [0.4, 0.5) is 14.5 Å². The van der Waals surface area contributed by atoms with Crippen molar-refractivity contribution < 1.29 is 8.78 Å². The number of benzene rings is 1. The summed E-state index contributed by atoms with van der Waals surface area (Å²) in [4.78, 5) is 3.97. The van der Waals surface area contributed by atoms with Crippen molar-refractivity contribution in [3.63, 3.8) is 0 Å². The molecule has 90 valence electrons. The number of nitrogens with one attached hydrogen (secondary N) is 1. The fourth-order valence-corrected chi connectivity index (χ4v) is 1.81. The zero-order chi connectivity index (χ0) is 12.4. The molecule has 4 heteroatoms. The minimum atomic E-state index is -2.54. The second kappa shape index (κ2) is 4.65. The molecule has 0 amide bonds. The Bertz CT molecular complexity index is 538. The van der Waals surface area contributed by atoms with Crippen molar-refractivity contribution in [1.29, 1.82) is 0 Å². The molecule has 0 aliphatic rings. The number of hydrogen-bond donors (Lipinski definition) is 1. The Hall–Kier alpha value is -1.71. The van der Waals surface area contributed by atoms with E-state index in [1.807, 2.05) is 26.0 Å². The van der Waals surface area contributed by atoms with Crippen LogP contribution in [0.5, 0.6) is 0 Å². The Balaban J connectivity index is 2.67. The van der Waals surface area contributed by atoms with E-state index in [0.29, 0.717) is 12.1 Å². The standard InChI is InChI=1S/C13H14F2N2/c1-3-16-11-7-12(13(14)15)17-10-5-4-8(2)6-9(10)11/h4-7,13H,3H2,1-2H3,(H,16,17). The van der Waals surface area contributed by atoms with E-state index >= 15 is 0 Å². The van der Waals surface area contributed by atoms with Gasteiger partial charge in [0.05, 0.1) is 5.52 Å². The van der Waals surface area contributed by atoms with E-state index in [2.05, 4.69) is 10.3 Å². The average molecular weight is 236 g/mol. The second-order valence-corrected chi connectivity index (χ2v) is 3.95. The maximum absolute atomic E-state index is 12.7. The van der Waals surface area contributed by atoms with Crippen LogP contribution in [-0.4, -0.2) is 11.5 Å². The van der Waals surface area contributed by atoms with Crippen molar-refractivity contribution in [3.8, 4) is 0 Å². The zero-order valence-electron chi connectivity index (χ0n) is 9.80. The Morgan fingerprint density at radius 2 is 2.06 bits per heavy atom. The second-order valence-electron chi connectivity index (χ2n) is 3.95. The highest BCUT2D eigenvalue weighted by Gasteiger charge is 2.12. The summed E-state index contributed by atoms with van der Waals surface area (Å²) >= 11 is 0. The lowest BCUT2D eigenvalue weighted by Crippen LogP contribution is -2.01. The Morgan fingerprint density at radius 1 is 1.29 bits per heavy atom. The summed E-state index contributed by atoms with van der Waals surface area (Å²) in [6, 6.07) is 7.03. The largest absolute Gasteiger partial charge is 0.385 e. The number of aryl methyl sites for hydroxylation is 1. The Labute approximate surface area is 98.7 Å². The number of rotatable bonds is 3. The maximum atomic E-state index is 12.7. The van der Waals surface area contributed by atoms with Crippen molar-refractivity contribution in [1.82, 2.24) is 4.98 Å². The number of halogens is 2. The van der Waals surface area contributed by atoms with E-state index in [-0.39, 0.29) is 5.69 Å². The van der Waals surface area contributed by atoms with Crippen LogP contribution in [0.25, 0.3) is 10.9 Å². The first-order valence-corrected chi connectivity index (χ1v) is 5.55. The first kappa shape index (κ1) is 11.8. The number of nitrogens with zero attached hydrogens (tertiary/aromatic N) is 1. The summed E-state index contributed by atoms with van der Waals surface area (Å²) in [5.74, 6) is 0. The first-order valence-electron chi connectivity index (χ1n) is 5.55. The molecule has 0 fully saturated rings. The molecule has 1 aromatic heterocycles. The smallest absolute Gasteiger partial charge is 0.280 e. The van der Waals surface area contributed by atoms with Crippen molar-refractivity contribution >= 4 is 16.6 Å². The van der Waals surface area contributed by atoms with E-state index < -0.39 is 6.43 Å². The highest BCUT2D eigenvalue weighted by molar-refractivity contribution is 5.92. The number of pyridine rings is 1. The number of fused-ring (bicyclic) bond motifs is 1. The fraction of sp³-hybridized carbons (Fsp3) is 0.308. The van der Waals surface area contributed by atoms with E-state index in [0.717, 1.165) is 16.6 Å². The number of aromatic nitrogens is 1. The van der Waals surface area contributed by atoms with E-state index in [9.17, 15) is 8.78 Å². The van der Waals surface area contributed by atoms with E-state index in [1.165, 1.54) is 6.07 Å². The summed E-state index contributed by atoms with van der Waals surface area (Å²) in [6.45, 7) is 4.59. The van der Waals surface area contributed by atoms with Gasteiger partial charge in [0, 0.05) is 17.6 Å². The third-order valence-electron chi connectivity index (χ3n) is 2.57. The van der Waals surface area contributed by atoms with Crippen LogP contribution in [0.2, 0.25) is 0 Å². The summed E-state index contributed by atoms with van der Waals surface area (Å²) in [5, 5.41) is 3.99. The highest BCUT2D eigenvalue weighted by atomic mass is 19.3. The van der Waals surface area contributed by atoms with Gasteiger partial charge in [0.25, 0.3) is 6.43 Å². The van der Waals surface area contributed by atoms with Gasteiger partial charge in [-0.15, -0.1) is 0 Å². The van der Waals surface area contributed by atoms with Crippen LogP contribution < -0.4 is 5.32 Å². The molecule has 2 nitrogen and oxygen atoms in total. The third kappa shape index (κ3) is 2.35. The molecule has 0 bridgehead atoms. The fourth-order valence-electron chi connectivity index (χ4n) is 1.81. The van der Waals surface area contributed by atoms with Gasteiger partial charge in [-0.2, -0.15) is 0 Å². The number of alkyl halides is 2. The summed E-state index contributed by atoms with van der Waals surface area (Å²) in [5.41, 5.74) is 2.22. The van der Waals surface area contributed by atoms with Crippen molar-refractivity contribution in [2.24, 2.45) is 0 Å². The SMILES string of the molecule is CCNc1cc(C(F)F)nc2ccc(C)cc12. The molecule has 0 aliphatic heterocycles. The van der Waals surface area contributed by atoms with Gasteiger partial charge in [-0.1, -0.05) is 11.6 Å². The molecule has 2 rings (SSSR count). The van der Waals surface area contributed by atoms with Gasteiger partial charge in [-0.25, -0.2) is 13.8 Å². The lowest BCUT2D eigenvalue weighted by Gasteiger charge is -2.10. The Morgan fingerprint density at radius 3 is 2.71 bits per heavy atom. The van der Waals surface area contributed by atoms with Crippen molar-refractivity contribution in [2.75, 3.05) is 11.9 Å². The predicted molar refractivity (Wildman–Crippen MR) is 65.6 cm³/mol. The minimum absolute atomic E-state index is 0.183. The highest BCUT2D eigenvalue weighted by Crippen LogP contribution is 2.28. The molecule has 0 saturated carbocycles.